The summed E-state index contributed by atoms with van der Waals surface area (Å²) in [6.45, 7) is 4.52. The van der Waals surface area contributed by atoms with E-state index in [-0.39, 0.29) is 0 Å². The van der Waals surface area contributed by atoms with Crippen LogP contribution in [0.1, 0.15) is 115 Å². The summed E-state index contributed by atoms with van der Waals surface area (Å²) in [5.74, 6) is 13.4. The van der Waals surface area contributed by atoms with Crippen LogP contribution in [0, 0.1) is 23.7 Å². The van der Waals surface area contributed by atoms with Gasteiger partial charge in [0.2, 0.25) is 0 Å². The van der Waals surface area contributed by atoms with Crippen molar-refractivity contribution in [3.8, 4) is 23.7 Å². The van der Waals surface area contributed by atoms with Crippen molar-refractivity contribution in [1.29, 1.82) is 0 Å². The van der Waals surface area contributed by atoms with Crippen molar-refractivity contribution in [3.05, 3.63) is 59.7 Å². The molecular formula is C38H42O2. The summed E-state index contributed by atoms with van der Waals surface area (Å²) in [5.41, 5.74) is 5.32. The van der Waals surface area contributed by atoms with Crippen molar-refractivity contribution in [3.63, 3.8) is 0 Å². The van der Waals surface area contributed by atoms with Gasteiger partial charge in [0.05, 0.1) is 0 Å². The predicted molar refractivity (Wildman–Crippen MR) is 171 cm³/mol. The first-order valence-corrected chi connectivity index (χ1v) is 15.6. The van der Waals surface area contributed by atoms with Crippen LogP contribution in [0.25, 0.3) is 43.9 Å². The summed E-state index contributed by atoms with van der Waals surface area (Å²) >= 11 is 0. The molecule has 2 aromatic heterocycles. The lowest BCUT2D eigenvalue weighted by Gasteiger charge is -1.96. The molecule has 0 unspecified atom stereocenters. The molecule has 2 nitrogen and oxygen atoms in total. The van der Waals surface area contributed by atoms with E-state index in [0.29, 0.717) is 0 Å². The minimum Gasteiger partial charge on any atom is -0.452 e. The van der Waals surface area contributed by atoms with Gasteiger partial charge < -0.3 is 8.83 Å². The van der Waals surface area contributed by atoms with Gasteiger partial charge in [0.25, 0.3) is 0 Å². The Hall–Kier alpha value is -3.62. The SMILES string of the molecule is CCCCCCCCC#Cc1ccc2c(c1)oc1c2ccc2c3ccc(C#CCCCCCCCC)cc3oc21. The van der Waals surface area contributed by atoms with Crippen LogP contribution >= 0.6 is 0 Å². The average Bonchev–Trinajstić information content (AvgIpc) is 3.53. The van der Waals surface area contributed by atoms with E-state index in [4.69, 9.17) is 8.83 Å². The van der Waals surface area contributed by atoms with E-state index in [0.717, 1.165) is 67.8 Å². The van der Waals surface area contributed by atoms with Gasteiger partial charge in [-0.1, -0.05) is 102 Å². The van der Waals surface area contributed by atoms with E-state index in [1.54, 1.807) is 0 Å². The number of unbranched alkanes of at least 4 members (excludes halogenated alkanes) is 12. The summed E-state index contributed by atoms with van der Waals surface area (Å²) in [5, 5.41) is 4.35. The van der Waals surface area contributed by atoms with Crippen LogP contribution in [0.15, 0.2) is 57.4 Å². The van der Waals surface area contributed by atoms with Crippen molar-refractivity contribution < 1.29 is 8.83 Å². The minimum atomic E-state index is 0.802. The van der Waals surface area contributed by atoms with Crippen molar-refractivity contribution in [2.75, 3.05) is 0 Å². The number of benzene rings is 3. The second-order valence-corrected chi connectivity index (χ2v) is 11.1. The summed E-state index contributed by atoms with van der Waals surface area (Å²) in [6.07, 6.45) is 17.4. The third kappa shape index (κ3) is 6.74. The molecule has 0 aliphatic heterocycles. The van der Waals surface area contributed by atoms with Crippen molar-refractivity contribution in [2.24, 2.45) is 0 Å². The molecular weight excluding hydrogens is 488 g/mol. The molecule has 0 amide bonds. The maximum Gasteiger partial charge on any atom is 0.178 e. The van der Waals surface area contributed by atoms with E-state index >= 15 is 0 Å². The maximum absolute atomic E-state index is 6.39. The monoisotopic (exact) mass is 530 g/mol. The molecule has 0 fully saturated rings. The highest BCUT2D eigenvalue weighted by Gasteiger charge is 2.16. The van der Waals surface area contributed by atoms with Gasteiger partial charge in [-0.25, -0.2) is 0 Å². The molecule has 5 rings (SSSR count). The zero-order valence-electron chi connectivity index (χ0n) is 24.3. The lowest BCUT2D eigenvalue weighted by atomic mass is 10.1. The Kier molecular flexibility index (Phi) is 9.87. The van der Waals surface area contributed by atoms with Crippen LogP contribution < -0.4 is 0 Å². The molecule has 0 radical (unpaired) electrons. The fourth-order valence-electron chi connectivity index (χ4n) is 5.54. The van der Waals surface area contributed by atoms with Gasteiger partial charge in [-0.3, -0.25) is 0 Å². The standard InChI is InChI=1S/C38H42O2/c1-3-5-7-9-11-13-15-17-19-29-21-23-31-33-25-26-34-32-24-22-30(20-18-16-14-12-10-8-6-4-2)28-36(32)40-38(34)37(33)39-35(31)27-29/h21-28H,3-16H2,1-2H3. The Morgan fingerprint density at radius 3 is 1.32 bits per heavy atom. The Bertz CT molecular complexity index is 1560. The highest BCUT2D eigenvalue weighted by atomic mass is 16.4. The summed E-state index contributed by atoms with van der Waals surface area (Å²) in [6, 6.07) is 16.9. The largest absolute Gasteiger partial charge is 0.452 e. The quantitative estimate of drug-likeness (QED) is 0.118. The van der Waals surface area contributed by atoms with Gasteiger partial charge in [0, 0.05) is 45.5 Å². The molecule has 5 aromatic rings. The first kappa shape index (κ1) is 27.9. The second kappa shape index (κ2) is 14.1. The van der Waals surface area contributed by atoms with Crippen LogP contribution in [0.4, 0.5) is 0 Å². The molecule has 40 heavy (non-hydrogen) atoms. The fourth-order valence-corrected chi connectivity index (χ4v) is 5.54. The third-order valence-electron chi connectivity index (χ3n) is 7.86. The van der Waals surface area contributed by atoms with Crippen LogP contribution in [-0.2, 0) is 0 Å². The zero-order valence-corrected chi connectivity index (χ0v) is 24.3. The number of fused-ring (bicyclic) bond motifs is 7. The van der Waals surface area contributed by atoms with E-state index in [9.17, 15) is 0 Å². The molecule has 2 heteroatoms. The maximum atomic E-state index is 6.39. The Balaban J connectivity index is 1.30. The van der Waals surface area contributed by atoms with E-state index in [1.165, 1.54) is 77.0 Å². The van der Waals surface area contributed by atoms with Crippen LogP contribution in [0.3, 0.4) is 0 Å². The second-order valence-electron chi connectivity index (χ2n) is 11.1. The smallest absolute Gasteiger partial charge is 0.178 e. The molecule has 0 N–H and O–H groups in total. The highest BCUT2D eigenvalue weighted by Crippen LogP contribution is 2.38. The van der Waals surface area contributed by atoms with Gasteiger partial charge >= 0.3 is 0 Å². The lowest BCUT2D eigenvalue weighted by Crippen LogP contribution is -1.78. The molecule has 0 bridgehead atoms. The van der Waals surface area contributed by atoms with Crippen molar-refractivity contribution >= 4 is 43.9 Å². The summed E-state index contributed by atoms with van der Waals surface area (Å²) < 4.78 is 12.8. The molecule has 0 spiro atoms. The summed E-state index contributed by atoms with van der Waals surface area (Å²) in [7, 11) is 0. The van der Waals surface area contributed by atoms with Gasteiger partial charge in [0.1, 0.15) is 11.2 Å². The molecule has 2 heterocycles. The Morgan fingerprint density at radius 2 is 0.875 bits per heavy atom. The molecule has 206 valence electrons. The molecule has 0 atom stereocenters. The molecule has 0 aliphatic rings. The average molecular weight is 531 g/mol. The minimum absolute atomic E-state index is 0.802. The molecule has 0 saturated heterocycles. The molecule has 0 saturated carbocycles. The Morgan fingerprint density at radius 1 is 0.475 bits per heavy atom. The van der Waals surface area contributed by atoms with Crippen LogP contribution in [0.5, 0.6) is 0 Å². The van der Waals surface area contributed by atoms with E-state index < -0.39 is 0 Å². The first-order chi connectivity index (χ1) is 19.8. The Labute approximate surface area is 239 Å². The van der Waals surface area contributed by atoms with Gasteiger partial charge in [0.15, 0.2) is 11.2 Å². The van der Waals surface area contributed by atoms with Crippen LogP contribution in [0.2, 0.25) is 0 Å². The summed E-state index contributed by atoms with van der Waals surface area (Å²) in [4.78, 5) is 0. The van der Waals surface area contributed by atoms with Gasteiger partial charge in [-0.05, 0) is 61.4 Å². The van der Waals surface area contributed by atoms with Gasteiger partial charge in [-0.15, -0.1) is 0 Å². The first-order valence-electron chi connectivity index (χ1n) is 15.6. The van der Waals surface area contributed by atoms with E-state index in [1.807, 2.05) is 0 Å². The van der Waals surface area contributed by atoms with Gasteiger partial charge in [-0.2, -0.15) is 0 Å². The molecule has 0 aliphatic carbocycles. The number of furan rings is 2. The number of hydrogen-bond acceptors (Lipinski definition) is 2. The van der Waals surface area contributed by atoms with Crippen LogP contribution in [-0.4, -0.2) is 0 Å². The zero-order chi connectivity index (χ0) is 27.6. The lowest BCUT2D eigenvalue weighted by molar-refractivity contribution is 0.614. The van der Waals surface area contributed by atoms with Crippen molar-refractivity contribution in [1.82, 2.24) is 0 Å². The van der Waals surface area contributed by atoms with E-state index in [2.05, 4.69) is 86.1 Å². The third-order valence-corrected chi connectivity index (χ3v) is 7.86. The topological polar surface area (TPSA) is 26.3 Å². The normalized spacial score (nSPS) is 11.2. The predicted octanol–water partition coefficient (Wildman–Crippen LogP) is 11.7. The number of rotatable bonds is 12. The van der Waals surface area contributed by atoms with Crippen molar-refractivity contribution in [2.45, 2.75) is 104 Å². The molecule has 3 aromatic carbocycles. The highest BCUT2D eigenvalue weighted by molar-refractivity contribution is 6.18. The number of hydrogen-bond donors (Lipinski definition) is 0. The fraction of sp³-hybridized carbons (Fsp3) is 0.421.